The number of amides is 1. The van der Waals surface area contributed by atoms with Gasteiger partial charge in [0.15, 0.2) is 0 Å². The molecule has 0 bridgehead atoms. The van der Waals surface area contributed by atoms with Gasteiger partial charge in [-0.1, -0.05) is 59.1 Å². The van der Waals surface area contributed by atoms with Crippen molar-refractivity contribution in [2.24, 2.45) is 0 Å². The van der Waals surface area contributed by atoms with Crippen LogP contribution in [-0.2, 0) is 19.6 Å². The van der Waals surface area contributed by atoms with Gasteiger partial charge in [0, 0.05) is 35.6 Å². The number of anilines is 1. The largest absolute Gasteiger partial charge is 0.377 e. The molecule has 0 radical (unpaired) electrons. The lowest BCUT2D eigenvalue weighted by molar-refractivity contribution is -0.116. The van der Waals surface area contributed by atoms with Crippen LogP contribution in [0.25, 0.3) is 16.9 Å². The van der Waals surface area contributed by atoms with Gasteiger partial charge >= 0.3 is 0 Å². The number of hydrogen-bond acceptors (Lipinski definition) is 5. The Kier molecular flexibility index (Phi) is 8.37. The molecule has 5 rings (SSSR count). The van der Waals surface area contributed by atoms with Gasteiger partial charge in [-0.2, -0.15) is 4.31 Å². The second-order valence-electron chi connectivity index (χ2n) is 9.96. The van der Waals surface area contributed by atoms with Crippen LogP contribution in [0.1, 0.15) is 24.0 Å². The molecule has 1 saturated heterocycles. The van der Waals surface area contributed by atoms with E-state index in [9.17, 15) is 13.2 Å². The van der Waals surface area contributed by atoms with Crippen molar-refractivity contribution in [1.82, 2.24) is 13.9 Å². The van der Waals surface area contributed by atoms with Gasteiger partial charge in [-0.3, -0.25) is 14.7 Å². The Labute approximate surface area is 239 Å². The third-order valence-electron chi connectivity index (χ3n) is 6.82. The maximum atomic E-state index is 13.6. The van der Waals surface area contributed by atoms with Gasteiger partial charge in [-0.05, 0) is 63.1 Å². The van der Waals surface area contributed by atoms with Crippen LogP contribution in [0.15, 0.2) is 83.9 Å². The van der Waals surface area contributed by atoms with E-state index < -0.39 is 15.9 Å². The molecule has 1 aliphatic heterocycles. The maximum absolute atomic E-state index is 13.6. The highest BCUT2D eigenvalue weighted by molar-refractivity contribution is 7.89. The third kappa shape index (κ3) is 6.45. The minimum atomic E-state index is -3.95. The van der Waals surface area contributed by atoms with E-state index in [0.717, 1.165) is 35.2 Å². The lowest BCUT2D eigenvalue weighted by Crippen LogP contribution is -2.42. The van der Waals surface area contributed by atoms with E-state index in [1.165, 1.54) is 4.31 Å². The first-order valence-electron chi connectivity index (χ1n) is 13.1. The van der Waals surface area contributed by atoms with Crippen LogP contribution in [-0.4, -0.2) is 54.0 Å². The monoisotopic (exact) mass is 578 g/mol. The molecule has 10 heteroatoms. The summed E-state index contributed by atoms with van der Waals surface area (Å²) in [6.07, 6.45) is 3.16. The van der Waals surface area contributed by atoms with E-state index in [0.29, 0.717) is 17.3 Å². The molecule has 1 aromatic heterocycles. The summed E-state index contributed by atoms with van der Waals surface area (Å²) in [5, 5.41) is 3.46. The van der Waals surface area contributed by atoms with Crippen LogP contribution >= 0.6 is 11.6 Å². The Balaban J connectivity index is 1.44. The van der Waals surface area contributed by atoms with Crippen LogP contribution in [0.4, 0.5) is 5.95 Å². The quantitative estimate of drug-likeness (QED) is 0.278. The lowest BCUT2D eigenvalue weighted by Gasteiger charge is -2.24. The molecule has 1 fully saturated rings. The Hall–Kier alpha value is -3.50. The number of carbonyl (C=O) groups is 1. The van der Waals surface area contributed by atoms with Crippen LogP contribution < -0.4 is 5.32 Å². The Bertz CT molecular complexity index is 1580. The number of carbonyl (C=O) groups excluding carboxylic acids is 1. The molecular formula is C30H31ClN4O4S. The molecule has 2 heterocycles. The highest BCUT2D eigenvalue weighted by Crippen LogP contribution is 2.26. The van der Waals surface area contributed by atoms with Gasteiger partial charge in [0.1, 0.15) is 0 Å². The number of sulfonamides is 1. The van der Waals surface area contributed by atoms with Gasteiger partial charge in [0.05, 0.1) is 23.2 Å². The van der Waals surface area contributed by atoms with Crippen molar-refractivity contribution in [2.75, 3.05) is 25.0 Å². The van der Waals surface area contributed by atoms with Gasteiger partial charge in [-0.15, -0.1) is 0 Å². The first-order valence-corrected chi connectivity index (χ1v) is 14.9. The number of aryl methyl sites for hydroxylation is 2. The van der Waals surface area contributed by atoms with Crippen molar-refractivity contribution in [2.45, 2.75) is 37.7 Å². The summed E-state index contributed by atoms with van der Waals surface area (Å²) in [6.45, 7) is 4.18. The Morgan fingerprint density at radius 1 is 1.02 bits per heavy atom. The molecule has 3 aromatic carbocycles. The number of nitrogens with zero attached hydrogens (tertiary/aromatic N) is 3. The maximum Gasteiger partial charge on any atom is 0.243 e. The topological polar surface area (TPSA) is 93.5 Å². The predicted molar refractivity (Wildman–Crippen MR) is 156 cm³/mol. The number of aromatic nitrogens is 2. The minimum Gasteiger partial charge on any atom is -0.377 e. The normalized spacial score (nSPS) is 15.4. The molecule has 1 N–H and O–H groups in total. The van der Waals surface area contributed by atoms with Crippen molar-refractivity contribution in [1.29, 1.82) is 0 Å². The summed E-state index contributed by atoms with van der Waals surface area (Å²) < 4.78 is 35.9. The number of imidazole rings is 1. The summed E-state index contributed by atoms with van der Waals surface area (Å²) in [6, 6.07) is 21.7. The van der Waals surface area contributed by atoms with E-state index in [2.05, 4.69) is 10.3 Å². The Morgan fingerprint density at radius 3 is 2.30 bits per heavy atom. The first-order chi connectivity index (χ1) is 19.2. The highest BCUT2D eigenvalue weighted by atomic mass is 35.5. The van der Waals surface area contributed by atoms with Crippen LogP contribution in [0.5, 0.6) is 0 Å². The standard InChI is InChI=1S/C30H31ClN4O4S/c1-21-5-13-25(14-6-21)35-19-28(23-9-11-24(31)12-10-23)32-30(35)33-29(36)20-34(18-26-4-3-17-39-26)40(37,38)27-15-7-22(2)8-16-27/h5-16,19,26H,3-4,17-18,20H2,1-2H3,(H,32,33,36). The molecule has 0 spiro atoms. The molecule has 1 unspecified atom stereocenters. The fourth-order valence-corrected chi connectivity index (χ4v) is 6.13. The highest BCUT2D eigenvalue weighted by Gasteiger charge is 2.31. The van der Waals surface area contributed by atoms with Crippen molar-refractivity contribution in [3.05, 3.63) is 95.1 Å². The molecule has 1 aliphatic rings. The number of halogens is 1. The zero-order valence-electron chi connectivity index (χ0n) is 22.4. The fraction of sp³-hybridized carbons (Fsp3) is 0.267. The second-order valence-corrected chi connectivity index (χ2v) is 12.3. The number of ether oxygens (including phenoxy) is 1. The third-order valence-corrected chi connectivity index (χ3v) is 8.90. The summed E-state index contributed by atoms with van der Waals surface area (Å²) >= 11 is 6.07. The van der Waals surface area contributed by atoms with E-state index in [4.69, 9.17) is 16.3 Å². The first kappa shape index (κ1) is 28.0. The smallest absolute Gasteiger partial charge is 0.243 e. The minimum absolute atomic E-state index is 0.0893. The van der Waals surface area contributed by atoms with Gasteiger partial charge in [-0.25, -0.2) is 13.4 Å². The predicted octanol–water partition coefficient (Wildman–Crippen LogP) is 5.62. The number of nitrogens with one attached hydrogen (secondary N) is 1. The van der Waals surface area contributed by atoms with Crippen molar-refractivity contribution >= 4 is 33.5 Å². The zero-order valence-corrected chi connectivity index (χ0v) is 24.0. The van der Waals surface area contributed by atoms with Crippen molar-refractivity contribution < 1.29 is 17.9 Å². The molecule has 40 heavy (non-hydrogen) atoms. The van der Waals surface area contributed by atoms with Gasteiger partial charge in [0.25, 0.3) is 0 Å². The van der Waals surface area contributed by atoms with Crippen molar-refractivity contribution in [3.8, 4) is 16.9 Å². The molecule has 1 amide bonds. The van der Waals surface area contributed by atoms with Crippen LogP contribution in [0, 0.1) is 13.8 Å². The summed E-state index contributed by atoms with van der Waals surface area (Å²) in [5.41, 5.74) is 4.31. The average molecular weight is 579 g/mol. The van der Waals surface area contributed by atoms with E-state index >= 15 is 0 Å². The average Bonchev–Trinajstić information content (AvgIpc) is 3.60. The van der Waals surface area contributed by atoms with E-state index in [-0.39, 0.29) is 30.0 Å². The van der Waals surface area contributed by atoms with E-state index in [1.54, 1.807) is 41.0 Å². The zero-order chi connectivity index (χ0) is 28.3. The van der Waals surface area contributed by atoms with Gasteiger partial charge < -0.3 is 4.74 Å². The number of benzene rings is 3. The SMILES string of the molecule is Cc1ccc(-n2cc(-c3ccc(Cl)cc3)nc2NC(=O)CN(CC2CCCO2)S(=O)(=O)c2ccc(C)cc2)cc1. The molecular weight excluding hydrogens is 548 g/mol. The lowest BCUT2D eigenvalue weighted by atomic mass is 10.2. The van der Waals surface area contributed by atoms with Crippen molar-refractivity contribution in [3.63, 3.8) is 0 Å². The second kappa shape index (κ2) is 11.9. The van der Waals surface area contributed by atoms with Crippen LogP contribution in [0.3, 0.4) is 0 Å². The summed E-state index contributed by atoms with van der Waals surface area (Å²) in [4.78, 5) is 18.2. The van der Waals surface area contributed by atoms with E-state index in [1.807, 2.05) is 56.4 Å². The van der Waals surface area contributed by atoms with Gasteiger partial charge in [0.2, 0.25) is 21.9 Å². The molecule has 8 nitrogen and oxygen atoms in total. The molecule has 0 aliphatic carbocycles. The summed E-state index contributed by atoms with van der Waals surface area (Å²) in [5.74, 6) is -0.223. The summed E-state index contributed by atoms with van der Waals surface area (Å²) in [7, 11) is -3.95. The molecule has 0 saturated carbocycles. The molecule has 208 valence electrons. The number of rotatable bonds is 9. The fourth-order valence-electron chi connectivity index (χ4n) is 4.58. The Morgan fingerprint density at radius 2 is 1.68 bits per heavy atom. The molecule has 1 atom stereocenters. The van der Waals surface area contributed by atoms with Crippen LogP contribution in [0.2, 0.25) is 5.02 Å². The number of hydrogen-bond donors (Lipinski definition) is 1. The molecule has 4 aromatic rings.